The molecule has 0 radical (unpaired) electrons. The molecule has 0 saturated carbocycles. The van der Waals surface area contributed by atoms with E-state index in [-0.39, 0.29) is 10.8 Å². The second kappa shape index (κ2) is 6.24. The van der Waals surface area contributed by atoms with Crippen LogP contribution in [0.2, 0.25) is 0 Å². The van der Waals surface area contributed by atoms with Crippen LogP contribution >= 0.6 is 0 Å². The second-order valence-electron chi connectivity index (χ2n) is 10.1. The van der Waals surface area contributed by atoms with Crippen molar-refractivity contribution in [3.05, 3.63) is 71.3 Å². The van der Waals surface area contributed by atoms with Crippen molar-refractivity contribution in [2.24, 2.45) is 0 Å². The molecule has 0 aliphatic heterocycles. The molecule has 0 atom stereocenters. The van der Waals surface area contributed by atoms with Crippen molar-refractivity contribution in [2.75, 3.05) is 0 Å². The van der Waals surface area contributed by atoms with E-state index in [4.69, 9.17) is 4.42 Å². The van der Waals surface area contributed by atoms with Gasteiger partial charge in [-0.2, -0.15) is 0 Å². The first-order chi connectivity index (χ1) is 13.1. The summed E-state index contributed by atoms with van der Waals surface area (Å²) in [4.78, 5) is 0. The van der Waals surface area contributed by atoms with Crippen molar-refractivity contribution < 1.29 is 4.42 Å². The molecule has 0 N–H and O–H groups in total. The fourth-order valence-corrected chi connectivity index (χ4v) is 3.87. The van der Waals surface area contributed by atoms with Crippen molar-refractivity contribution >= 4 is 21.9 Å². The van der Waals surface area contributed by atoms with E-state index in [2.05, 4.69) is 103 Å². The molecular formula is C27H30O. The van der Waals surface area contributed by atoms with E-state index in [9.17, 15) is 0 Å². The zero-order chi connectivity index (χ0) is 20.3. The lowest BCUT2D eigenvalue weighted by Crippen LogP contribution is -2.11. The summed E-state index contributed by atoms with van der Waals surface area (Å²) in [5, 5.41) is 2.42. The third-order valence-electron chi connectivity index (χ3n) is 5.63. The Morgan fingerprint density at radius 1 is 0.679 bits per heavy atom. The maximum absolute atomic E-state index is 6.59. The molecule has 0 aliphatic rings. The molecule has 0 saturated heterocycles. The minimum atomic E-state index is 0.0320. The third kappa shape index (κ3) is 3.13. The first kappa shape index (κ1) is 18.8. The van der Waals surface area contributed by atoms with Gasteiger partial charge < -0.3 is 4.42 Å². The minimum absolute atomic E-state index is 0.0320. The Bertz CT molecular complexity index is 1160. The topological polar surface area (TPSA) is 13.1 Å². The molecule has 1 heterocycles. The molecule has 0 amide bonds. The van der Waals surface area contributed by atoms with Gasteiger partial charge in [0.05, 0.1) is 0 Å². The largest absolute Gasteiger partial charge is 0.455 e. The number of furan rings is 1. The highest BCUT2D eigenvalue weighted by Gasteiger charge is 2.24. The molecule has 3 aromatic carbocycles. The smallest absolute Gasteiger partial charge is 0.143 e. The highest BCUT2D eigenvalue weighted by atomic mass is 16.3. The third-order valence-corrected chi connectivity index (χ3v) is 5.63. The number of hydrogen-bond donors (Lipinski definition) is 0. The minimum Gasteiger partial charge on any atom is -0.455 e. The second-order valence-corrected chi connectivity index (χ2v) is 10.1. The summed E-state index contributed by atoms with van der Waals surface area (Å²) in [5.41, 5.74) is 8.35. The number of aryl methyl sites for hydroxylation is 1. The van der Waals surface area contributed by atoms with Crippen molar-refractivity contribution in [1.82, 2.24) is 0 Å². The van der Waals surface area contributed by atoms with Gasteiger partial charge in [0.2, 0.25) is 0 Å². The maximum atomic E-state index is 6.59. The molecule has 0 unspecified atom stereocenters. The van der Waals surface area contributed by atoms with Crippen LogP contribution in [0.15, 0.2) is 59.0 Å². The molecular weight excluding hydrogens is 340 g/mol. The van der Waals surface area contributed by atoms with Crippen LogP contribution in [0.5, 0.6) is 0 Å². The van der Waals surface area contributed by atoms with Gasteiger partial charge in [-0.15, -0.1) is 0 Å². The summed E-state index contributed by atoms with van der Waals surface area (Å²) in [6.07, 6.45) is 0. The van der Waals surface area contributed by atoms with Gasteiger partial charge in [0.15, 0.2) is 0 Å². The fourth-order valence-electron chi connectivity index (χ4n) is 3.87. The number of rotatable bonds is 1. The molecule has 1 aromatic heterocycles. The Morgan fingerprint density at radius 3 is 1.96 bits per heavy atom. The van der Waals surface area contributed by atoms with Crippen LogP contribution in [-0.4, -0.2) is 0 Å². The van der Waals surface area contributed by atoms with Crippen LogP contribution in [0.4, 0.5) is 0 Å². The Kier molecular flexibility index (Phi) is 4.19. The van der Waals surface area contributed by atoms with Crippen molar-refractivity contribution in [3.8, 4) is 11.1 Å². The summed E-state index contributed by atoms with van der Waals surface area (Å²) < 4.78 is 6.59. The summed E-state index contributed by atoms with van der Waals surface area (Å²) in [6.45, 7) is 15.7. The van der Waals surface area contributed by atoms with E-state index in [1.165, 1.54) is 38.6 Å². The van der Waals surface area contributed by atoms with Gasteiger partial charge in [0.25, 0.3) is 0 Å². The molecule has 4 aromatic rings. The fraction of sp³-hybridized carbons (Fsp3) is 0.333. The molecule has 1 nitrogen and oxygen atoms in total. The lowest BCUT2D eigenvalue weighted by atomic mass is 9.83. The van der Waals surface area contributed by atoms with Gasteiger partial charge in [-0.25, -0.2) is 0 Å². The molecule has 144 valence electrons. The number of fused-ring (bicyclic) bond motifs is 3. The molecule has 0 aliphatic carbocycles. The number of hydrogen-bond acceptors (Lipinski definition) is 1. The van der Waals surface area contributed by atoms with E-state index in [1.54, 1.807) is 0 Å². The van der Waals surface area contributed by atoms with E-state index in [0.717, 1.165) is 11.2 Å². The first-order valence-electron chi connectivity index (χ1n) is 10.1. The van der Waals surface area contributed by atoms with Crippen LogP contribution in [0.1, 0.15) is 58.2 Å². The summed E-state index contributed by atoms with van der Waals surface area (Å²) in [7, 11) is 0. The highest BCUT2D eigenvalue weighted by Crippen LogP contribution is 2.42. The molecule has 28 heavy (non-hydrogen) atoms. The van der Waals surface area contributed by atoms with Crippen molar-refractivity contribution in [2.45, 2.75) is 59.3 Å². The highest BCUT2D eigenvalue weighted by molar-refractivity contribution is 6.11. The first-order valence-corrected chi connectivity index (χ1v) is 10.1. The van der Waals surface area contributed by atoms with E-state index < -0.39 is 0 Å². The Hall–Kier alpha value is -2.54. The molecule has 0 spiro atoms. The lowest BCUT2D eigenvalue weighted by molar-refractivity contribution is 0.572. The van der Waals surface area contributed by atoms with E-state index >= 15 is 0 Å². The van der Waals surface area contributed by atoms with Crippen LogP contribution in [0.25, 0.3) is 33.1 Å². The van der Waals surface area contributed by atoms with Gasteiger partial charge in [-0.05, 0) is 41.0 Å². The normalized spacial score (nSPS) is 12.8. The Labute approximate surface area is 168 Å². The summed E-state index contributed by atoms with van der Waals surface area (Å²) in [6, 6.07) is 19.9. The van der Waals surface area contributed by atoms with Crippen LogP contribution < -0.4 is 0 Å². The summed E-state index contributed by atoms with van der Waals surface area (Å²) in [5.74, 6) is 0. The maximum Gasteiger partial charge on any atom is 0.143 e. The molecule has 0 bridgehead atoms. The van der Waals surface area contributed by atoms with E-state index in [0.29, 0.717) is 0 Å². The van der Waals surface area contributed by atoms with Gasteiger partial charge in [-0.3, -0.25) is 0 Å². The SMILES string of the molecule is Cc1ccc(-c2cc(C(C)(C)C)cc3c2oc2c(C(C)(C)C)cccc23)cc1. The van der Waals surface area contributed by atoms with Crippen molar-refractivity contribution in [3.63, 3.8) is 0 Å². The van der Waals surface area contributed by atoms with Gasteiger partial charge >= 0.3 is 0 Å². The van der Waals surface area contributed by atoms with Crippen LogP contribution in [-0.2, 0) is 10.8 Å². The predicted octanol–water partition coefficient (Wildman–Crippen LogP) is 8.16. The van der Waals surface area contributed by atoms with Gasteiger partial charge in [0.1, 0.15) is 11.2 Å². The Morgan fingerprint density at radius 2 is 1.36 bits per heavy atom. The van der Waals surface area contributed by atoms with Crippen LogP contribution in [0, 0.1) is 6.92 Å². The van der Waals surface area contributed by atoms with E-state index in [1.807, 2.05) is 0 Å². The van der Waals surface area contributed by atoms with Crippen molar-refractivity contribution in [1.29, 1.82) is 0 Å². The average molecular weight is 371 g/mol. The average Bonchev–Trinajstić information content (AvgIpc) is 2.98. The molecule has 0 fully saturated rings. The monoisotopic (exact) mass is 370 g/mol. The molecule has 4 rings (SSSR count). The Balaban J connectivity index is 2.14. The number of para-hydroxylation sites is 1. The zero-order valence-corrected chi connectivity index (χ0v) is 18.1. The van der Waals surface area contributed by atoms with Gasteiger partial charge in [-0.1, -0.05) is 89.6 Å². The quantitative estimate of drug-likeness (QED) is 0.329. The van der Waals surface area contributed by atoms with Crippen LogP contribution in [0.3, 0.4) is 0 Å². The summed E-state index contributed by atoms with van der Waals surface area (Å²) >= 11 is 0. The lowest BCUT2D eigenvalue weighted by Gasteiger charge is -2.20. The zero-order valence-electron chi connectivity index (χ0n) is 18.1. The van der Waals surface area contributed by atoms with Gasteiger partial charge in [0, 0.05) is 21.9 Å². The standard InChI is InChI=1S/C27H30O/c1-17-11-13-18(14-12-17)21-15-19(26(2,3)4)16-22-20-9-8-10-23(27(5,6)7)25(20)28-24(21)22/h8-16H,1-7H3. The number of benzene rings is 3. The predicted molar refractivity (Wildman–Crippen MR) is 121 cm³/mol. The molecule has 1 heteroatoms.